The highest BCUT2D eigenvalue weighted by atomic mass is 16.5. The molecule has 140 valence electrons. The van der Waals surface area contributed by atoms with E-state index in [1.165, 1.54) is 0 Å². The minimum Gasteiger partial charge on any atom is -0.496 e. The van der Waals surface area contributed by atoms with E-state index < -0.39 is 0 Å². The highest BCUT2D eigenvalue weighted by Gasteiger charge is 2.05. The van der Waals surface area contributed by atoms with Crippen LogP contribution in [-0.4, -0.2) is 22.6 Å². The number of hydrogen-bond acceptors (Lipinski definition) is 3. The summed E-state index contributed by atoms with van der Waals surface area (Å²) in [5, 5.41) is 2.99. The van der Waals surface area contributed by atoms with Crippen LogP contribution in [0.25, 0.3) is 5.69 Å². The number of hydrogen-bond donors (Lipinski definition) is 1. The van der Waals surface area contributed by atoms with Crippen LogP contribution in [0.3, 0.4) is 0 Å². The van der Waals surface area contributed by atoms with Gasteiger partial charge in [0, 0.05) is 31.0 Å². The first-order valence-electron chi connectivity index (χ1n) is 9.06. The first-order chi connectivity index (χ1) is 13.1. The molecule has 0 saturated carbocycles. The fourth-order valence-electron chi connectivity index (χ4n) is 3.07. The van der Waals surface area contributed by atoms with Gasteiger partial charge < -0.3 is 14.6 Å². The molecule has 3 rings (SSSR count). The Balaban J connectivity index is 1.49. The van der Waals surface area contributed by atoms with Crippen LogP contribution in [0.15, 0.2) is 54.9 Å². The number of imidazole rings is 1. The Bertz CT molecular complexity index is 914. The van der Waals surface area contributed by atoms with Crippen LogP contribution in [0.5, 0.6) is 5.75 Å². The van der Waals surface area contributed by atoms with Gasteiger partial charge in [0.05, 0.1) is 7.11 Å². The highest BCUT2D eigenvalue weighted by molar-refractivity contribution is 5.76. The lowest BCUT2D eigenvalue weighted by molar-refractivity contribution is -0.121. The summed E-state index contributed by atoms with van der Waals surface area (Å²) in [6.07, 6.45) is 4.91. The van der Waals surface area contributed by atoms with Crippen LogP contribution >= 0.6 is 0 Å². The van der Waals surface area contributed by atoms with E-state index >= 15 is 0 Å². The molecule has 0 bridgehead atoms. The second-order valence-corrected chi connectivity index (χ2v) is 6.59. The minimum atomic E-state index is 0.0537. The summed E-state index contributed by atoms with van der Waals surface area (Å²) in [7, 11) is 1.67. The molecule has 0 aliphatic carbocycles. The zero-order valence-electron chi connectivity index (χ0n) is 16.0. The van der Waals surface area contributed by atoms with E-state index in [0.717, 1.165) is 40.4 Å². The number of aromatic nitrogens is 2. The molecule has 0 spiro atoms. The number of carbonyl (C=O) groups excluding carboxylic acids is 1. The molecule has 0 radical (unpaired) electrons. The quantitative estimate of drug-likeness (QED) is 0.696. The van der Waals surface area contributed by atoms with E-state index in [-0.39, 0.29) is 5.91 Å². The molecule has 1 heterocycles. The maximum atomic E-state index is 12.1. The van der Waals surface area contributed by atoms with Crippen LogP contribution in [0.2, 0.25) is 0 Å². The van der Waals surface area contributed by atoms with Gasteiger partial charge in [-0.3, -0.25) is 4.79 Å². The first-order valence-corrected chi connectivity index (χ1v) is 9.06. The molecular formula is C22H25N3O2. The number of aryl methyl sites for hydroxylation is 3. The molecule has 0 fully saturated rings. The van der Waals surface area contributed by atoms with Crippen molar-refractivity contribution in [2.75, 3.05) is 7.11 Å². The number of rotatable bonds is 7. The molecule has 0 aliphatic rings. The lowest BCUT2D eigenvalue weighted by Gasteiger charge is -2.09. The van der Waals surface area contributed by atoms with Gasteiger partial charge in [0.25, 0.3) is 0 Å². The molecule has 2 aromatic carbocycles. The summed E-state index contributed by atoms with van der Waals surface area (Å²) in [4.78, 5) is 16.4. The van der Waals surface area contributed by atoms with Gasteiger partial charge in [-0.1, -0.05) is 24.3 Å². The normalized spacial score (nSPS) is 10.6. The fourth-order valence-corrected chi connectivity index (χ4v) is 3.07. The molecule has 1 aromatic heterocycles. The second kappa shape index (κ2) is 8.54. The zero-order valence-corrected chi connectivity index (χ0v) is 16.0. The van der Waals surface area contributed by atoms with E-state index in [1.807, 2.05) is 61.0 Å². The zero-order chi connectivity index (χ0) is 19.2. The van der Waals surface area contributed by atoms with Crippen LogP contribution in [0, 0.1) is 13.8 Å². The van der Waals surface area contributed by atoms with Crippen molar-refractivity contribution in [3.8, 4) is 11.4 Å². The summed E-state index contributed by atoms with van der Waals surface area (Å²) >= 11 is 0. The molecule has 0 unspecified atom stereocenters. The Morgan fingerprint density at radius 1 is 1.11 bits per heavy atom. The fraction of sp³-hybridized carbons (Fsp3) is 0.273. The monoisotopic (exact) mass is 363 g/mol. The molecule has 0 aliphatic heterocycles. The molecule has 27 heavy (non-hydrogen) atoms. The number of amides is 1. The molecular weight excluding hydrogens is 338 g/mol. The number of methoxy groups -OCH3 is 1. The molecule has 5 nitrogen and oxygen atoms in total. The predicted molar refractivity (Wildman–Crippen MR) is 106 cm³/mol. The molecule has 0 atom stereocenters. The number of nitrogens with one attached hydrogen (secondary N) is 1. The van der Waals surface area contributed by atoms with Crippen molar-refractivity contribution >= 4 is 5.91 Å². The average molecular weight is 363 g/mol. The summed E-state index contributed by atoms with van der Waals surface area (Å²) in [6, 6.07) is 14.2. The molecule has 3 aromatic rings. The summed E-state index contributed by atoms with van der Waals surface area (Å²) < 4.78 is 7.29. The number of benzene rings is 2. The number of carbonyl (C=O) groups is 1. The summed E-state index contributed by atoms with van der Waals surface area (Å²) in [5.41, 5.74) is 4.37. The standard InChI is InChI=1S/C22H25N3O2/c1-16-14-18(6-10-21(16)27-3)7-11-22(26)24-15-19-4-8-20(9-5-19)25-13-12-23-17(25)2/h4-6,8-10,12-14H,7,11,15H2,1-3H3,(H,24,26). The van der Waals surface area contributed by atoms with Gasteiger partial charge in [-0.05, 0) is 55.2 Å². The van der Waals surface area contributed by atoms with Crippen molar-refractivity contribution < 1.29 is 9.53 Å². The van der Waals surface area contributed by atoms with Crippen LogP contribution in [0.4, 0.5) is 0 Å². The predicted octanol–water partition coefficient (Wildman–Crippen LogP) is 3.75. The van der Waals surface area contributed by atoms with Crippen LogP contribution in [-0.2, 0) is 17.8 Å². The van der Waals surface area contributed by atoms with Gasteiger partial charge in [-0.2, -0.15) is 0 Å². The maximum Gasteiger partial charge on any atom is 0.220 e. The summed E-state index contributed by atoms with van der Waals surface area (Å²) in [5.74, 6) is 1.88. The van der Waals surface area contributed by atoms with Crippen LogP contribution < -0.4 is 10.1 Å². The van der Waals surface area contributed by atoms with Crippen molar-refractivity contribution in [1.29, 1.82) is 0 Å². The van der Waals surface area contributed by atoms with Gasteiger partial charge in [0.2, 0.25) is 5.91 Å². The Morgan fingerprint density at radius 3 is 2.48 bits per heavy atom. The lowest BCUT2D eigenvalue weighted by Crippen LogP contribution is -2.23. The molecule has 1 amide bonds. The van der Waals surface area contributed by atoms with Crippen molar-refractivity contribution in [2.45, 2.75) is 33.2 Å². The van der Waals surface area contributed by atoms with Crippen molar-refractivity contribution in [3.63, 3.8) is 0 Å². The third kappa shape index (κ3) is 4.76. The Kier molecular flexibility index (Phi) is 5.91. The van der Waals surface area contributed by atoms with E-state index in [1.54, 1.807) is 13.3 Å². The first kappa shape index (κ1) is 18.7. The third-order valence-corrected chi connectivity index (χ3v) is 4.63. The Labute approximate surface area is 160 Å². The largest absolute Gasteiger partial charge is 0.496 e. The second-order valence-electron chi connectivity index (χ2n) is 6.59. The van der Waals surface area contributed by atoms with E-state index in [2.05, 4.69) is 16.4 Å². The van der Waals surface area contributed by atoms with Gasteiger partial charge in [0.15, 0.2) is 0 Å². The molecule has 1 N–H and O–H groups in total. The Hall–Kier alpha value is -3.08. The molecule has 0 saturated heterocycles. The molecule has 5 heteroatoms. The van der Waals surface area contributed by atoms with Gasteiger partial charge in [-0.15, -0.1) is 0 Å². The lowest BCUT2D eigenvalue weighted by atomic mass is 10.1. The van der Waals surface area contributed by atoms with E-state index in [4.69, 9.17) is 4.74 Å². The topological polar surface area (TPSA) is 56.1 Å². The number of ether oxygens (including phenoxy) is 1. The smallest absolute Gasteiger partial charge is 0.220 e. The van der Waals surface area contributed by atoms with Gasteiger partial charge in [0.1, 0.15) is 11.6 Å². The SMILES string of the molecule is COc1ccc(CCC(=O)NCc2ccc(-n3ccnc3C)cc2)cc1C. The van der Waals surface area contributed by atoms with Gasteiger partial charge in [-0.25, -0.2) is 4.98 Å². The third-order valence-electron chi connectivity index (χ3n) is 4.63. The van der Waals surface area contributed by atoms with Crippen molar-refractivity contribution in [3.05, 3.63) is 77.4 Å². The number of nitrogens with zero attached hydrogens (tertiary/aromatic N) is 2. The maximum absolute atomic E-state index is 12.1. The van der Waals surface area contributed by atoms with Crippen LogP contribution in [0.1, 0.15) is 28.9 Å². The van der Waals surface area contributed by atoms with Crippen molar-refractivity contribution in [1.82, 2.24) is 14.9 Å². The van der Waals surface area contributed by atoms with E-state index in [0.29, 0.717) is 13.0 Å². The van der Waals surface area contributed by atoms with E-state index in [9.17, 15) is 4.79 Å². The summed E-state index contributed by atoms with van der Waals surface area (Å²) in [6.45, 7) is 4.51. The highest BCUT2D eigenvalue weighted by Crippen LogP contribution is 2.19. The minimum absolute atomic E-state index is 0.0537. The Morgan fingerprint density at radius 2 is 1.85 bits per heavy atom. The average Bonchev–Trinajstić information content (AvgIpc) is 3.11. The van der Waals surface area contributed by atoms with Gasteiger partial charge >= 0.3 is 0 Å². The van der Waals surface area contributed by atoms with Crippen molar-refractivity contribution in [2.24, 2.45) is 0 Å².